The summed E-state index contributed by atoms with van der Waals surface area (Å²) < 4.78 is 0. The van der Waals surface area contributed by atoms with Crippen molar-refractivity contribution in [1.29, 1.82) is 0 Å². The zero-order chi connectivity index (χ0) is 10.1. The maximum atomic E-state index is 3.47. The van der Waals surface area contributed by atoms with Gasteiger partial charge in [0.1, 0.15) is 0 Å². The topological polar surface area (TPSA) is 12.0 Å². The van der Waals surface area contributed by atoms with E-state index in [-0.39, 0.29) is 0 Å². The van der Waals surface area contributed by atoms with Crippen molar-refractivity contribution in [2.45, 2.75) is 53.0 Å². The Morgan fingerprint density at radius 2 is 1.85 bits per heavy atom. The molecule has 1 fully saturated rings. The van der Waals surface area contributed by atoms with Gasteiger partial charge in [0.05, 0.1) is 0 Å². The number of nitrogens with one attached hydrogen (secondary N) is 1. The van der Waals surface area contributed by atoms with Gasteiger partial charge in [-0.1, -0.05) is 27.7 Å². The third-order valence-corrected chi connectivity index (χ3v) is 3.50. The fourth-order valence-corrected chi connectivity index (χ4v) is 2.25. The maximum absolute atomic E-state index is 3.47. The largest absolute Gasteiger partial charge is 0.317 e. The molecule has 0 aliphatic heterocycles. The quantitative estimate of drug-likeness (QED) is 0.691. The zero-order valence-corrected chi connectivity index (χ0v) is 9.85. The Hall–Kier alpha value is -0.0400. The average molecular weight is 183 g/mol. The lowest BCUT2D eigenvalue weighted by Crippen LogP contribution is -2.29. The Kier molecular flexibility index (Phi) is 3.39. The van der Waals surface area contributed by atoms with Gasteiger partial charge in [-0.05, 0) is 43.6 Å². The molecule has 0 aromatic heterocycles. The molecule has 78 valence electrons. The van der Waals surface area contributed by atoms with Crippen LogP contribution in [0, 0.1) is 17.3 Å². The monoisotopic (exact) mass is 183 g/mol. The highest BCUT2D eigenvalue weighted by atomic mass is 14.9. The summed E-state index contributed by atoms with van der Waals surface area (Å²) in [4.78, 5) is 0. The highest BCUT2D eigenvalue weighted by molar-refractivity contribution is 5.01. The Labute approximate surface area is 83.3 Å². The molecule has 0 spiro atoms. The van der Waals surface area contributed by atoms with Gasteiger partial charge in [0.2, 0.25) is 0 Å². The first-order valence-corrected chi connectivity index (χ1v) is 5.64. The van der Waals surface area contributed by atoms with Crippen molar-refractivity contribution in [2.24, 2.45) is 17.3 Å². The van der Waals surface area contributed by atoms with E-state index in [4.69, 9.17) is 0 Å². The van der Waals surface area contributed by atoms with Crippen LogP contribution in [0.1, 0.15) is 47.0 Å². The first-order chi connectivity index (χ1) is 5.97. The second kappa shape index (κ2) is 4.00. The lowest BCUT2D eigenvalue weighted by atomic mass is 9.96. The van der Waals surface area contributed by atoms with Crippen LogP contribution in [0.2, 0.25) is 0 Å². The summed E-state index contributed by atoms with van der Waals surface area (Å²) in [5, 5.41) is 3.47. The van der Waals surface area contributed by atoms with Gasteiger partial charge in [-0.25, -0.2) is 0 Å². The minimum Gasteiger partial charge on any atom is -0.317 e. The smallest absolute Gasteiger partial charge is 0.00977 e. The molecule has 0 aromatic carbocycles. The van der Waals surface area contributed by atoms with Gasteiger partial charge < -0.3 is 5.32 Å². The van der Waals surface area contributed by atoms with Crippen molar-refractivity contribution in [2.75, 3.05) is 7.05 Å². The number of hydrogen-bond acceptors (Lipinski definition) is 1. The molecule has 0 saturated heterocycles. The second-order valence-corrected chi connectivity index (χ2v) is 5.67. The summed E-state index contributed by atoms with van der Waals surface area (Å²) in [6.07, 6.45) is 4.12. The summed E-state index contributed by atoms with van der Waals surface area (Å²) in [6, 6.07) is 0.761. The Bertz CT molecular complexity index is 161. The summed E-state index contributed by atoms with van der Waals surface area (Å²) >= 11 is 0. The molecule has 0 heterocycles. The summed E-state index contributed by atoms with van der Waals surface area (Å²) in [6.45, 7) is 9.39. The van der Waals surface area contributed by atoms with Crippen molar-refractivity contribution < 1.29 is 0 Å². The summed E-state index contributed by atoms with van der Waals surface area (Å²) in [7, 11) is 2.11. The molecule has 1 aliphatic rings. The van der Waals surface area contributed by atoms with Gasteiger partial charge in [0, 0.05) is 6.04 Å². The van der Waals surface area contributed by atoms with Gasteiger partial charge in [-0.3, -0.25) is 0 Å². The van der Waals surface area contributed by atoms with Crippen molar-refractivity contribution in [3.05, 3.63) is 0 Å². The van der Waals surface area contributed by atoms with Crippen LogP contribution >= 0.6 is 0 Å². The highest BCUT2D eigenvalue weighted by Gasteiger charge is 2.49. The van der Waals surface area contributed by atoms with E-state index >= 15 is 0 Å². The van der Waals surface area contributed by atoms with Crippen LogP contribution in [-0.4, -0.2) is 13.1 Å². The van der Waals surface area contributed by atoms with E-state index in [1.807, 2.05) is 0 Å². The predicted octanol–water partition coefficient (Wildman–Crippen LogP) is 3.06. The molecule has 0 bridgehead atoms. The van der Waals surface area contributed by atoms with E-state index in [9.17, 15) is 0 Å². The average Bonchev–Trinajstić information content (AvgIpc) is 2.61. The van der Waals surface area contributed by atoms with Gasteiger partial charge in [0.15, 0.2) is 0 Å². The first-order valence-electron chi connectivity index (χ1n) is 5.64. The van der Waals surface area contributed by atoms with Gasteiger partial charge >= 0.3 is 0 Å². The molecular weight excluding hydrogens is 158 g/mol. The Morgan fingerprint density at radius 3 is 2.15 bits per heavy atom. The van der Waals surface area contributed by atoms with E-state index in [1.54, 1.807) is 0 Å². The van der Waals surface area contributed by atoms with Crippen molar-refractivity contribution in [3.63, 3.8) is 0 Å². The molecule has 1 N–H and O–H groups in total. The minimum atomic E-state index is 0.616. The Balaban J connectivity index is 2.29. The van der Waals surface area contributed by atoms with Crippen LogP contribution in [0.4, 0.5) is 0 Å². The Morgan fingerprint density at radius 1 is 1.31 bits per heavy atom. The normalized spacial score (nSPS) is 27.7. The van der Waals surface area contributed by atoms with Crippen LogP contribution in [0.15, 0.2) is 0 Å². The molecule has 0 radical (unpaired) electrons. The summed E-state index contributed by atoms with van der Waals surface area (Å²) in [5.74, 6) is 1.77. The van der Waals surface area contributed by atoms with Gasteiger partial charge in [0.25, 0.3) is 0 Å². The SMILES string of the molecule is CNC(CCC(C)C)C1CC1(C)C. The fourth-order valence-electron chi connectivity index (χ4n) is 2.25. The standard InChI is InChI=1S/C12H25N/c1-9(2)6-7-11(13-5)10-8-12(10,3)4/h9-11,13H,6-8H2,1-5H3. The molecule has 2 atom stereocenters. The molecule has 1 saturated carbocycles. The first kappa shape index (κ1) is 11.0. The molecule has 1 aliphatic carbocycles. The van der Waals surface area contributed by atoms with Crippen molar-refractivity contribution in [3.8, 4) is 0 Å². The van der Waals surface area contributed by atoms with E-state index in [0.29, 0.717) is 5.41 Å². The molecular formula is C12H25N. The van der Waals surface area contributed by atoms with E-state index < -0.39 is 0 Å². The molecule has 1 nitrogen and oxygen atoms in total. The van der Waals surface area contributed by atoms with Crippen molar-refractivity contribution >= 4 is 0 Å². The summed E-state index contributed by atoms with van der Waals surface area (Å²) in [5.41, 5.74) is 0.616. The van der Waals surface area contributed by atoms with Crippen LogP contribution in [-0.2, 0) is 0 Å². The van der Waals surface area contributed by atoms with Crippen LogP contribution in [0.3, 0.4) is 0 Å². The van der Waals surface area contributed by atoms with Crippen LogP contribution in [0.5, 0.6) is 0 Å². The predicted molar refractivity (Wildman–Crippen MR) is 58.8 cm³/mol. The van der Waals surface area contributed by atoms with E-state index in [2.05, 4.69) is 40.1 Å². The number of hydrogen-bond donors (Lipinski definition) is 1. The van der Waals surface area contributed by atoms with Crippen LogP contribution < -0.4 is 5.32 Å². The second-order valence-electron chi connectivity index (χ2n) is 5.67. The highest BCUT2D eigenvalue weighted by Crippen LogP contribution is 2.54. The molecule has 2 unspecified atom stereocenters. The van der Waals surface area contributed by atoms with Crippen molar-refractivity contribution in [1.82, 2.24) is 5.32 Å². The molecule has 13 heavy (non-hydrogen) atoms. The molecule has 1 heteroatoms. The third-order valence-electron chi connectivity index (χ3n) is 3.50. The molecule has 0 amide bonds. The lowest BCUT2D eigenvalue weighted by Gasteiger charge is -2.18. The third kappa shape index (κ3) is 2.98. The molecule has 0 aromatic rings. The van der Waals surface area contributed by atoms with E-state index in [1.165, 1.54) is 19.3 Å². The lowest BCUT2D eigenvalue weighted by molar-refractivity contribution is 0.377. The number of rotatable bonds is 5. The zero-order valence-electron chi connectivity index (χ0n) is 9.85. The van der Waals surface area contributed by atoms with Crippen LogP contribution in [0.25, 0.3) is 0 Å². The maximum Gasteiger partial charge on any atom is 0.00977 e. The van der Waals surface area contributed by atoms with Gasteiger partial charge in [-0.15, -0.1) is 0 Å². The van der Waals surface area contributed by atoms with E-state index in [0.717, 1.165) is 17.9 Å². The fraction of sp³-hybridized carbons (Fsp3) is 1.00. The van der Waals surface area contributed by atoms with Gasteiger partial charge in [-0.2, -0.15) is 0 Å². The molecule has 1 rings (SSSR count). The minimum absolute atomic E-state index is 0.616.